The summed E-state index contributed by atoms with van der Waals surface area (Å²) in [5.41, 5.74) is 3.46. The maximum atomic E-state index is 13.6. The Kier molecular flexibility index (Phi) is 8.32. The van der Waals surface area contributed by atoms with Gasteiger partial charge in [0.25, 0.3) is 5.91 Å². The van der Waals surface area contributed by atoms with Crippen molar-refractivity contribution < 1.29 is 14.1 Å². The van der Waals surface area contributed by atoms with Crippen LogP contribution in [0.4, 0.5) is 0 Å². The number of aromatic nitrogens is 2. The molecule has 2 amide bonds. The molecule has 1 aromatic heterocycles. The molecule has 1 aliphatic heterocycles. The summed E-state index contributed by atoms with van der Waals surface area (Å²) in [6.45, 7) is 4.57. The van der Waals surface area contributed by atoms with E-state index in [4.69, 9.17) is 4.52 Å². The van der Waals surface area contributed by atoms with E-state index in [1.165, 1.54) is 4.90 Å². The zero-order valence-corrected chi connectivity index (χ0v) is 23.1. The van der Waals surface area contributed by atoms with Crippen LogP contribution in [-0.4, -0.2) is 51.4 Å². The molecule has 1 atom stereocenters. The first kappa shape index (κ1) is 26.6. The minimum atomic E-state index is -0.325. The van der Waals surface area contributed by atoms with Gasteiger partial charge in [-0.15, -0.1) is 6.58 Å². The van der Waals surface area contributed by atoms with Crippen LogP contribution < -0.4 is 0 Å². The molecule has 4 aromatic rings. The predicted molar refractivity (Wildman–Crippen MR) is 154 cm³/mol. The van der Waals surface area contributed by atoms with Gasteiger partial charge in [-0.2, -0.15) is 4.98 Å². The molecule has 0 bridgehead atoms. The minimum absolute atomic E-state index is 0.0600. The molecule has 3 aromatic carbocycles. The quantitative estimate of drug-likeness (QED) is 0.219. The van der Waals surface area contributed by atoms with E-state index < -0.39 is 0 Å². The Labute approximate surface area is 236 Å². The second-order valence-electron chi connectivity index (χ2n) is 9.48. The molecule has 5 rings (SSSR count). The summed E-state index contributed by atoms with van der Waals surface area (Å²) in [4.78, 5) is 34.9. The van der Waals surface area contributed by atoms with Gasteiger partial charge in [0.2, 0.25) is 17.6 Å². The first-order chi connectivity index (χ1) is 19.0. The molecule has 7 nitrogen and oxygen atoms in total. The van der Waals surface area contributed by atoms with Crippen molar-refractivity contribution >= 4 is 27.7 Å². The lowest BCUT2D eigenvalue weighted by Crippen LogP contribution is -2.46. The fourth-order valence-electron chi connectivity index (χ4n) is 4.82. The molecular weight excluding hydrogens is 556 g/mol. The normalized spacial score (nSPS) is 15.1. The van der Waals surface area contributed by atoms with E-state index in [0.29, 0.717) is 23.8 Å². The molecule has 1 saturated heterocycles. The Morgan fingerprint density at radius 2 is 1.67 bits per heavy atom. The van der Waals surface area contributed by atoms with Gasteiger partial charge in [-0.1, -0.05) is 69.6 Å². The Bertz CT molecular complexity index is 1430. The molecule has 198 valence electrons. The summed E-state index contributed by atoms with van der Waals surface area (Å²) < 4.78 is 6.59. The van der Waals surface area contributed by atoms with Crippen molar-refractivity contribution in [3.05, 3.63) is 107 Å². The second kappa shape index (κ2) is 12.2. The van der Waals surface area contributed by atoms with E-state index >= 15 is 0 Å². The number of nitrogens with zero attached hydrogens (tertiary/aromatic N) is 4. The van der Waals surface area contributed by atoms with Crippen LogP contribution >= 0.6 is 15.9 Å². The smallest absolute Gasteiger partial charge is 0.254 e. The summed E-state index contributed by atoms with van der Waals surface area (Å²) in [5, 5.41) is 4.16. The first-order valence-electron chi connectivity index (χ1n) is 13.0. The van der Waals surface area contributed by atoms with Gasteiger partial charge < -0.3 is 14.3 Å². The number of benzene rings is 3. The summed E-state index contributed by atoms with van der Waals surface area (Å²) in [5.74, 6) is 0.530. The number of halogens is 1. The van der Waals surface area contributed by atoms with Gasteiger partial charge in [0.05, 0.1) is 0 Å². The van der Waals surface area contributed by atoms with Crippen molar-refractivity contribution in [3.63, 3.8) is 0 Å². The van der Waals surface area contributed by atoms with E-state index in [1.54, 1.807) is 23.1 Å². The zero-order valence-electron chi connectivity index (χ0n) is 21.5. The maximum Gasteiger partial charge on any atom is 0.254 e. The third-order valence-electron chi connectivity index (χ3n) is 6.85. The number of rotatable bonds is 8. The molecule has 2 heterocycles. The molecule has 1 aliphatic rings. The van der Waals surface area contributed by atoms with Crippen molar-refractivity contribution in [2.24, 2.45) is 0 Å². The molecular formula is C31H29BrN4O3. The lowest BCUT2D eigenvalue weighted by atomic mass is 10.0. The first-order valence-corrected chi connectivity index (χ1v) is 13.8. The monoisotopic (exact) mass is 584 g/mol. The van der Waals surface area contributed by atoms with Crippen LogP contribution in [0.2, 0.25) is 0 Å². The third kappa shape index (κ3) is 6.17. The summed E-state index contributed by atoms with van der Waals surface area (Å²) in [6, 6.07) is 24.8. The molecule has 1 fully saturated rings. The van der Waals surface area contributed by atoms with Gasteiger partial charge in [0.15, 0.2) is 0 Å². The molecule has 39 heavy (non-hydrogen) atoms. The Morgan fingerprint density at radius 3 is 2.38 bits per heavy atom. The van der Waals surface area contributed by atoms with Crippen molar-refractivity contribution in [3.8, 4) is 22.5 Å². The molecule has 1 unspecified atom stereocenters. The highest BCUT2D eigenvalue weighted by Gasteiger charge is 2.33. The van der Waals surface area contributed by atoms with Gasteiger partial charge in [0.1, 0.15) is 12.6 Å². The van der Waals surface area contributed by atoms with Crippen molar-refractivity contribution in [1.29, 1.82) is 0 Å². The van der Waals surface area contributed by atoms with Gasteiger partial charge in [-0.05, 0) is 66.8 Å². The van der Waals surface area contributed by atoms with Crippen molar-refractivity contribution in [2.45, 2.75) is 25.3 Å². The standard InChI is InChI=1S/C31H29BrN4O3/c1-2-19-35(31(38)25-13-11-23(12-14-25)22-8-4-3-5-9-22)21-28(37)36-20-7-6-10-27(36)30-33-29(34-39-30)24-15-17-26(32)18-16-24/h2-5,8-9,11-18,27H,1,6-7,10,19-21H2. The largest absolute Gasteiger partial charge is 0.337 e. The van der Waals surface area contributed by atoms with Crippen LogP contribution in [0.1, 0.15) is 41.6 Å². The molecule has 0 aliphatic carbocycles. The molecule has 0 saturated carbocycles. The fraction of sp³-hybridized carbons (Fsp3) is 0.226. The van der Waals surface area contributed by atoms with Crippen LogP contribution in [0.15, 0.2) is 101 Å². The second-order valence-corrected chi connectivity index (χ2v) is 10.4. The third-order valence-corrected chi connectivity index (χ3v) is 7.38. The highest BCUT2D eigenvalue weighted by Crippen LogP contribution is 2.31. The topological polar surface area (TPSA) is 79.5 Å². The number of hydrogen-bond donors (Lipinski definition) is 0. The van der Waals surface area contributed by atoms with Gasteiger partial charge >= 0.3 is 0 Å². The van der Waals surface area contributed by atoms with Gasteiger partial charge in [-0.3, -0.25) is 9.59 Å². The van der Waals surface area contributed by atoms with E-state index in [-0.39, 0.29) is 30.9 Å². The molecule has 0 radical (unpaired) electrons. The summed E-state index contributed by atoms with van der Waals surface area (Å²) in [7, 11) is 0. The zero-order chi connectivity index (χ0) is 27.2. The van der Waals surface area contributed by atoms with Crippen molar-refractivity contribution in [1.82, 2.24) is 19.9 Å². The SMILES string of the molecule is C=CCN(CC(=O)N1CCCCC1c1nc(-c2ccc(Br)cc2)no1)C(=O)c1ccc(-c2ccccc2)cc1. The number of likely N-dealkylation sites (tertiary alicyclic amines) is 1. The lowest BCUT2D eigenvalue weighted by molar-refractivity contribution is -0.136. The van der Waals surface area contributed by atoms with E-state index in [9.17, 15) is 9.59 Å². The maximum absolute atomic E-state index is 13.6. The Morgan fingerprint density at radius 1 is 0.974 bits per heavy atom. The van der Waals surface area contributed by atoms with E-state index in [2.05, 4.69) is 32.6 Å². The Balaban J connectivity index is 1.30. The van der Waals surface area contributed by atoms with Crippen LogP contribution in [0.3, 0.4) is 0 Å². The highest BCUT2D eigenvalue weighted by molar-refractivity contribution is 9.10. The highest BCUT2D eigenvalue weighted by atomic mass is 79.9. The summed E-state index contributed by atoms with van der Waals surface area (Å²) >= 11 is 3.44. The molecule has 0 spiro atoms. The Hall–Kier alpha value is -4.04. The number of piperidine rings is 1. The van der Waals surface area contributed by atoms with Crippen LogP contribution in [0, 0.1) is 0 Å². The average molecular weight is 586 g/mol. The van der Waals surface area contributed by atoms with Crippen LogP contribution in [0.25, 0.3) is 22.5 Å². The molecule has 0 N–H and O–H groups in total. The van der Waals surface area contributed by atoms with E-state index in [1.807, 2.05) is 66.7 Å². The fourth-order valence-corrected chi connectivity index (χ4v) is 5.09. The van der Waals surface area contributed by atoms with Gasteiger partial charge in [0, 0.05) is 28.7 Å². The van der Waals surface area contributed by atoms with Crippen LogP contribution in [-0.2, 0) is 4.79 Å². The lowest BCUT2D eigenvalue weighted by Gasteiger charge is -2.35. The summed E-state index contributed by atoms with van der Waals surface area (Å²) in [6.07, 6.45) is 4.20. The number of carbonyl (C=O) groups excluding carboxylic acids is 2. The van der Waals surface area contributed by atoms with Gasteiger partial charge in [-0.25, -0.2) is 0 Å². The van der Waals surface area contributed by atoms with Crippen molar-refractivity contribution in [2.75, 3.05) is 19.6 Å². The molecule has 8 heteroatoms. The minimum Gasteiger partial charge on any atom is -0.337 e. The number of hydrogen-bond acceptors (Lipinski definition) is 5. The number of carbonyl (C=O) groups is 2. The van der Waals surface area contributed by atoms with Crippen LogP contribution in [0.5, 0.6) is 0 Å². The number of amides is 2. The average Bonchev–Trinajstić information content (AvgIpc) is 3.48. The predicted octanol–water partition coefficient (Wildman–Crippen LogP) is 6.55. The van der Waals surface area contributed by atoms with E-state index in [0.717, 1.165) is 40.4 Å².